The van der Waals surface area contributed by atoms with Crippen molar-refractivity contribution in [1.82, 2.24) is 15.3 Å². The topological polar surface area (TPSA) is 40.7 Å². The first kappa shape index (κ1) is 15.9. The largest absolute Gasteiger partial charge is 0.344 e. The average Bonchev–Trinajstić information content (AvgIpc) is 2.67. The van der Waals surface area contributed by atoms with Crippen LogP contribution >= 0.6 is 23.4 Å². The molecule has 0 bridgehead atoms. The number of hydrogen-bond donors (Lipinski definition) is 2. The first-order valence-corrected chi connectivity index (χ1v) is 8.08. The molecule has 2 N–H and O–H groups in total. The van der Waals surface area contributed by atoms with E-state index in [0.717, 1.165) is 37.4 Å². The molecule has 18 heavy (non-hydrogen) atoms. The molecule has 0 aliphatic rings. The summed E-state index contributed by atoms with van der Waals surface area (Å²) >= 11 is 7.98. The minimum Gasteiger partial charge on any atom is -0.344 e. The molecule has 1 aromatic heterocycles. The van der Waals surface area contributed by atoms with Crippen molar-refractivity contribution < 1.29 is 0 Å². The normalized spacial score (nSPS) is 12.1. The summed E-state index contributed by atoms with van der Waals surface area (Å²) in [5.74, 6) is 1.00. The second kappa shape index (κ2) is 7.41. The lowest BCUT2D eigenvalue weighted by molar-refractivity contribution is 0.586. The molecule has 0 spiro atoms. The van der Waals surface area contributed by atoms with Crippen molar-refractivity contribution in [1.29, 1.82) is 0 Å². The highest BCUT2D eigenvalue weighted by molar-refractivity contribution is 7.99. The number of H-pyrrole nitrogens is 1. The van der Waals surface area contributed by atoms with Crippen molar-refractivity contribution in [3.63, 3.8) is 0 Å². The number of halogens is 1. The number of aromatic nitrogens is 2. The number of rotatable bonds is 8. The van der Waals surface area contributed by atoms with E-state index in [2.05, 4.69) is 42.3 Å². The Morgan fingerprint density at radius 3 is 2.78 bits per heavy atom. The lowest BCUT2D eigenvalue weighted by Gasteiger charge is -2.22. The van der Waals surface area contributed by atoms with E-state index >= 15 is 0 Å². The van der Waals surface area contributed by atoms with Crippen molar-refractivity contribution in [2.45, 2.75) is 51.3 Å². The smallest absolute Gasteiger partial charge is 0.151 e. The van der Waals surface area contributed by atoms with Crippen molar-refractivity contribution in [3.05, 3.63) is 16.7 Å². The van der Waals surface area contributed by atoms with Gasteiger partial charge in [0.25, 0.3) is 0 Å². The zero-order valence-electron chi connectivity index (χ0n) is 11.8. The maximum Gasteiger partial charge on any atom is 0.151 e. The number of unbranched alkanes of at least 4 members (excludes halogenated alkanes) is 1. The van der Waals surface area contributed by atoms with Gasteiger partial charge in [-0.05, 0) is 26.5 Å². The van der Waals surface area contributed by atoms with Gasteiger partial charge in [-0.1, -0.05) is 24.9 Å². The molecule has 0 saturated heterocycles. The van der Waals surface area contributed by atoms with Crippen LogP contribution in [0, 0.1) is 0 Å². The monoisotopic (exact) mass is 289 g/mol. The molecule has 0 radical (unpaired) electrons. The second-order valence-electron chi connectivity index (χ2n) is 5.12. The summed E-state index contributed by atoms with van der Waals surface area (Å²) in [7, 11) is 0. The van der Waals surface area contributed by atoms with E-state index in [1.165, 1.54) is 6.42 Å². The van der Waals surface area contributed by atoms with Crippen LogP contribution < -0.4 is 5.32 Å². The molecule has 104 valence electrons. The quantitative estimate of drug-likeness (QED) is 0.768. The number of nitrogens with one attached hydrogen (secondary N) is 2. The van der Waals surface area contributed by atoms with Crippen LogP contribution in [0.3, 0.4) is 0 Å². The molecular weight excluding hydrogens is 266 g/mol. The fourth-order valence-electron chi connectivity index (χ4n) is 1.58. The van der Waals surface area contributed by atoms with Gasteiger partial charge < -0.3 is 10.3 Å². The van der Waals surface area contributed by atoms with Crippen LogP contribution in [0.15, 0.2) is 0 Å². The van der Waals surface area contributed by atoms with Gasteiger partial charge in [0.05, 0.1) is 5.69 Å². The van der Waals surface area contributed by atoms with Crippen LogP contribution in [0.4, 0.5) is 0 Å². The molecular formula is C13H24ClN3S. The van der Waals surface area contributed by atoms with Crippen molar-refractivity contribution >= 4 is 23.4 Å². The number of aromatic amines is 1. The summed E-state index contributed by atoms with van der Waals surface area (Å²) in [6.45, 7) is 8.34. The van der Waals surface area contributed by atoms with Crippen LogP contribution in [-0.4, -0.2) is 27.5 Å². The zero-order valence-corrected chi connectivity index (χ0v) is 13.3. The molecule has 0 aromatic carbocycles. The highest BCUT2D eigenvalue weighted by Gasteiger charge is 2.15. The summed E-state index contributed by atoms with van der Waals surface area (Å²) in [6.07, 6.45) is 5.43. The Hall–Kier alpha value is -0.190. The van der Waals surface area contributed by atoms with E-state index in [0.29, 0.717) is 5.15 Å². The van der Waals surface area contributed by atoms with Gasteiger partial charge in [0.15, 0.2) is 5.15 Å². The Labute approximate surface area is 119 Å². The molecule has 0 fully saturated rings. The van der Waals surface area contributed by atoms with Gasteiger partial charge in [0.1, 0.15) is 5.82 Å². The number of thioether (sulfide) groups is 1. The SMILES string of the molecule is CCCCc1nc(Cl)c(CNCC(C)(C)SC)[nH]1. The van der Waals surface area contributed by atoms with Crippen molar-refractivity contribution in [2.75, 3.05) is 12.8 Å². The molecule has 1 heterocycles. The minimum absolute atomic E-state index is 0.248. The van der Waals surface area contributed by atoms with Gasteiger partial charge in [-0.3, -0.25) is 0 Å². The molecule has 0 saturated carbocycles. The summed E-state index contributed by atoms with van der Waals surface area (Å²) in [6, 6.07) is 0. The van der Waals surface area contributed by atoms with Crippen LogP contribution in [0.2, 0.25) is 5.15 Å². The Kier molecular flexibility index (Phi) is 6.53. The third-order valence-corrected chi connectivity index (χ3v) is 4.51. The minimum atomic E-state index is 0.248. The molecule has 3 nitrogen and oxygen atoms in total. The van der Waals surface area contributed by atoms with Gasteiger partial charge >= 0.3 is 0 Å². The lowest BCUT2D eigenvalue weighted by atomic mass is 10.2. The fraction of sp³-hybridized carbons (Fsp3) is 0.769. The zero-order chi connectivity index (χ0) is 13.6. The van der Waals surface area contributed by atoms with Crippen molar-refractivity contribution in [2.24, 2.45) is 0 Å². The van der Waals surface area contributed by atoms with Crippen molar-refractivity contribution in [3.8, 4) is 0 Å². The average molecular weight is 290 g/mol. The fourth-order valence-corrected chi connectivity index (χ4v) is 2.04. The molecule has 5 heteroatoms. The standard InChI is InChI=1S/C13H24ClN3S/c1-5-6-7-11-16-10(12(14)17-11)8-15-9-13(2,3)18-4/h15H,5-9H2,1-4H3,(H,16,17). The van der Waals surface area contributed by atoms with E-state index in [4.69, 9.17) is 11.6 Å². The van der Waals surface area contributed by atoms with Gasteiger partial charge in [0.2, 0.25) is 0 Å². The van der Waals surface area contributed by atoms with Crippen LogP contribution in [0.1, 0.15) is 45.1 Å². The predicted molar refractivity (Wildman–Crippen MR) is 81.5 cm³/mol. The molecule has 0 amide bonds. The first-order chi connectivity index (χ1) is 8.48. The predicted octanol–water partition coefficient (Wildman–Crippen LogP) is 3.64. The van der Waals surface area contributed by atoms with Gasteiger partial charge in [0, 0.05) is 24.3 Å². The highest BCUT2D eigenvalue weighted by atomic mass is 35.5. The number of aryl methyl sites for hydroxylation is 1. The van der Waals surface area contributed by atoms with E-state index in [1.807, 2.05) is 11.8 Å². The Bertz CT molecular complexity index is 363. The maximum absolute atomic E-state index is 6.12. The third-order valence-electron chi connectivity index (χ3n) is 2.95. The Morgan fingerprint density at radius 2 is 2.17 bits per heavy atom. The Morgan fingerprint density at radius 1 is 1.44 bits per heavy atom. The highest BCUT2D eigenvalue weighted by Crippen LogP contribution is 2.20. The van der Waals surface area contributed by atoms with E-state index in [-0.39, 0.29) is 4.75 Å². The molecule has 1 rings (SSSR count). The first-order valence-electron chi connectivity index (χ1n) is 6.47. The van der Waals surface area contributed by atoms with Gasteiger partial charge in [-0.2, -0.15) is 11.8 Å². The van der Waals surface area contributed by atoms with E-state index in [9.17, 15) is 0 Å². The molecule has 1 aromatic rings. The Balaban J connectivity index is 2.44. The molecule has 0 aliphatic heterocycles. The number of hydrogen-bond acceptors (Lipinski definition) is 3. The second-order valence-corrected chi connectivity index (χ2v) is 7.00. The summed E-state index contributed by atoms with van der Waals surface area (Å²) in [5, 5.41) is 4.03. The van der Waals surface area contributed by atoms with Gasteiger partial charge in [-0.15, -0.1) is 0 Å². The molecule has 0 atom stereocenters. The van der Waals surface area contributed by atoms with E-state index < -0.39 is 0 Å². The third kappa shape index (κ3) is 5.21. The molecule has 0 aliphatic carbocycles. The lowest BCUT2D eigenvalue weighted by Crippen LogP contribution is -2.31. The van der Waals surface area contributed by atoms with Gasteiger partial charge in [-0.25, -0.2) is 4.98 Å². The van der Waals surface area contributed by atoms with E-state index in [1.54, 1.807) is 0 Å². The number of nitrogens with zero attached hydrogens (tertiary/aromatic N) is 1. The van der Waals surface area contributed by atoms with Crippen LogP contribution in [-0.2, 0) is 13.0 Å². The summed E-state index contributed by atoms with van der Waals surface area (Å²) in [4.78, 5) is 7.66. The van der Waals surface area contributed by atoms with Crippen LogP contribution in [0.5, 0.6) is 0 Å². The maximum atomic E-state index is 6.12. The molecule has 0 unspecified atom stereocenters. The van der Waals surface area contributed by atoms with Crippen LogP contribution in [0.25, 0.3) is 0 Å². The summed E-state index contributed by atoms with van der Waals surface area (Å²) < 4.78 is 0.248. The number of imidazole rings is 1. The summed E-state index contributed by atoms with van der Waals surface area (Å²) in [5.41, 5.74) is 1.000.